The van der Waals surface area contributed by atoms with E-state index in [1.807, 2.05) is 0 Å². The van der Waals surface area contributed by atoms with Crippen molar-refractivity contribution in [2.45, 2.75) is 31.9 Å². The van der Waals surface area contributed by atoms with Crippen LogP contribution in [0.1, 0.15) is 29.1 Å². The number of rotatable bonds is 6. The minimum Gasteiger partial charge on any atom is -0.506 e. The average molecular weight is 378 g/mol. The van der Waals surface area contributed by atoms with Gasteiger partial charge in [-0.05, 0) is 13.8 Å². The summed E-state index contributed by atoms with van der Waals surface area (Å²) in [4.78, 5) is 33.5. The van der Waals surface area contributed by atoms with Gasteiger partial charge < -0.3 is 19.6 Å². The summed E-state index contributed by atoms with van der Waals surface area (Å²) >= 11 is 1.38. The number of aromatic hydroxyl groups is 1. The molecule has 0 radical (unpaired) electrons. The van der Waals surface area contributed by atoms with Gasteiger partial charge in [-0.25, -0.2) is 4.57 Å². The van der Waals surface area contributed by atoms with E-state index in [2.05, 4.69) is 14.8 Å². The van der Waals surface area contributed by atoms with Crippen molar-refractivity contribution >= 4 is 25.6 Å². The number of carbonyl (C=O) groups excluding carboxylic acids is 1. The smallest absolute Gasteiger partial charge is 0.469 e. The SMILES string of the molecule is CCOC(=O)C1CSC(c2c(COP(=O)(O)O)cnc(C)c2O)N1. The van der Waals surface area contributed by atoms with Crippen LogP contribution in [0.4, 0.5) is 0 Å². The molecule has 1 fully saturated rings. The van der Waals surface area contributed by atoms with Gasteiger partial charge in [0.15, 0.2) is 0 Å². The lowest BCUT2D eigenvalue weighted by Gasteiger charge is -2.19. The first-order valence-electron chi connectivity index (χ1n) is 7.14. The topological polar surface area (TPSA) is 138 Å². The monoisotopic (exact) mass is 378 g/mol. The van der Waals surface area contributed by atoms with Gasteiger partial charge in [0.05, 0.1) is 24.3 Å². The molecule has 1 aromatic rings. The van der Waals surface area contributed by atoms with E-state index in [4.69, 9.17) is 14.5 Å². The molecule has 1 aliphatic heterocycles. The number of aromatic nitrogens is 1. The van der Waals surface area contributed by atoms with Crippen molar-refractivity contribution in [3.8, 4) is 5.75 Å². The van der Waals surface area contributed by atoms with E-state index in [0.717, 1.165) is 0 Å². The summed E-state index contributed by atoms with van der Waals surface area (Å²) in [6, 6.07) is -0.525. The number of phosphoric ester groups is 1. The molecule has 0 saturated carbocycles. The highest BCUT2D eigenvalue weighted by Gasteiger charge is 2.34. The summed E-state index contributed by atoms with van der Waals surface area (Å²) in [5.41, 5.74) is 1.09. The van der Waals surface area contributed by atoms with E-state index in [-0.39, 0.29) is 18.3 Å². The lowest BCUT2D eigenvalue weighted by molar-refractivity contribution is -0.144. The van der Waals surface area contributed by atoms with Crippen molar-refractivity contribution in [2.75, 3.05) is 12.4 Å². The lowest BCUT2D eigenvalue weighted by atomic mass is 10.1. The third kappa shape index (κ3) is 4.69. The largest absolute Gasteiger partial charge is 0.506 e. The molecule has 2 unspecified atom stereocenters. The number of esters is 1. The molecule has 2 heterocycles. The maximum Gasteiger partial charge on any atom is 0.469 e. The molecule has 1 aromatic heterocycles. The summed E-state index contributed by atoms with van der Waals surface area (Å²) in [6.45, 7) is 3.18. The molecule has 134 valence electrons. The highest BCUT2D eigenvalue weighted by molar-refractivity contribution is 7.99. The Morgan fingerprint density at radius 2 is 2.25 bits per heavy atom. The number of hydrogen-bond donors (Lipinski definition) is 4. The molecular formula is C13H19N2O7PS. The van der Waals surface area contributed by atoms with Gasteiger partial charge in [-0.15, -0.1) is 11.8 Å². The number of nitrogens with zero attached hydrogens (tertiary/aromatic N) is 1. The fourth-order valence-corrected chi connectivity index (χ4v) is 3.85. The number of thioether (sulfide) groups is 1. The first kappa shape index (κ1) is 19.2. The predicted octanol–water partition coefficient (Wildman–Crippen LogP) is 0.972. The minimum atomic E-state index is -4.66. The maximum atomic E-state index is 11.8. The third-order valence-corrected chi connectivity index (χ3v) is 5.06. The Bertz CT molecular complexity index is 666. The second kappa shape index (κ2) is 7.81. The molecule has 0 spiro atoms. The number of aryl methyl sites for hydroxylation is 1. The first-order chi connectivity index (χ1) is 11.2. The Hall–Kier alpha value is -1.16. The van der Waals surface area contributed by atoms with Crippen molar-refractivity contribution in [3.63, 3.8) is 0 Å². The number of ether oxygens (including phenoxy) is 1. The predicted molar refractivity (Wildman–Crippen MR) is 86.2 cm³/mol. The van der Waals surface area contributed by atoms with Crippen molar-refractivity contribution in [1.82, 2.24) is 10.3 Å². The fourth-order valence-electron chi connectivity index (χ4n) is 2.23. The van der Waals surface area contributed by atoms with Crippen molar-refractivity contribution in [2.24, 2.45) is 0 Å². The molecule has 1 aliphatic rings. The minimum absolute atomic E-state index is 0.101. The molecule has 1 saturated heterocycles. The average Bonchev–Trinajstić information content (AvgIpc) is 2.97. The molecule has 0 amide bonds. The van der Waals surface area contributed by atoms with Gasteiger partial charge in [0.25, 0.3) is 0 Å². The summed E-state index contributed by atoms with van der Waals surface area (Å²) in [5, 5.41) is 12.9. The Morgan fingerprint density at radius 3 is 2.88 bits per heavy atom. The molecule has 2 rings (SSSR count). The molecular weight excluding hydrogens is 359 g/mol. The number of pyridine rings is 1. The van der Waals surface area contributed by atoms with Crippen molar-refractivity contribution in [3.05, 3.63) is 23.0 Å². The fraction of sp³-hybridized carbons (Fsp3) is 0.538. The zero-order chi connectivity index (χ0) is 17.9. The van der Waals surface area contributed by atoms with Crippen LogP contribution in [0.15, 0.2) is 6.20 Å². The molecule has 0 aromatic carbocycles. The van der Waals surface area contributed by atoms with Crippen LogP contribution in [0.2, 0.25) is 0 Å². The Morgan fingerprint density at radius 1 is 1.54 bits per heavy atom. The van der Waals surface area contributed by atoms with Crippen molar-refractivity contribution in [1.29, 1.82) is 0 Å². The quantitative estimate of drug-likeness (QED) is 0.418. The lowest BCUT2D eigenvalue weighted by Crippen LogP contribution is -2.35. The van der Waals surface area contributed by atoms with Gasteiger partial charge >= 0.3 is 13.8 Å². The number of phosphoric acid groups is 1. The van der Waals surface area contributed by atoms with Gasteiger partial charge in [-0.1, -0.05) is 0 Å². The van der Waals surface area contributed by atoms with E-state index in [1.54, 1.807) is 13.8 Å². The van der Waals surface area contributed by atoms with Gasteiger partial charge in [0.1, 0.15) is 11.8 Å². The number of hydrogen-bond acceptors (Lipinski definition) is 8. The third-order valence-electron chi connectivity index (χ3n) is 3.36. The van der Waals surface area contributed by atoms with Crippen LogP contribution in [0.3, 0.4) is 0 Å². The normalized spacial score (nSPS) is 21.0. The van der Waals surface area contributed by atoms with E-state index >= 15 is 0 Å². The van der Waals surface area contributed by atoms with Gasteiger partial charge in [-0.3, -0.25) is 19.6 Å². The van der Waals surface area contributed by atoms with E-state index in [1.165, 1.54) is 18.0 Å². The van der Waals surface area contributed by atoms with Crippen LogP contribution in [0.5, 0.6) is 5.75 Å². The second-order valence-corrected chi connectivity index (χ2v) is 7.46. The number of nitrogens with one attached hydrogen (secondary N) is 1. The first-order valence-corrected chi connectivity index (χ1v) is 9.72. The summed E-state index contributed by atoms with van der Waals surface area (Å²) in [5.74, 6) is -0.0366. The maximum absolute atomic E-state index is 11.8. The zero-order valence-electron chi connectivity index (χ0n) is 13.1. The summed E-state index contributed by atoms with van der Waals surface area (Å²) in [6.07, 6.45) is 1.39. The molecule has 9 nitrogen and oxygen atoms in total. The Labute approximate surface area is 143 Å². The van der Waals surface area contributed by atoms with Crippen LogP contribution in [0, 0.1) is 6.92 Å². The van der Waals surface area contributed by atoms with Crippen LogP contribution in [0.25, 0.3) is 0 Å². The number of carbonyl (C=O) groups is 1. The van der Waals surface area contributed by atoms with E-state index in [9.17, 15) is 14.5 Å². The second-order valence-electron chi connectivity index (χ2n) is 5.08. The summed E-state index contributed by atoms with van der Waals surface area (Å²) in [7, 11) is -4.66. The Balaban J connectivity index is 2.24. The van der Waals surface area contributed by atoms with Crippen LogP contribution >= 0.6 is 19.6 Å². The molecule has 24 heavy (non-hydrogen) atoms. The molecule has 0 bridgehead atoms. The highest BCUT2D eigenvalue weighted by Crippen LogP contribution is 2.43. The molecule has 0 aliphatic carbocycles. The molecule has 2 atom stereocenters. The standard InChI is InChI=1S/C13H19N2O7PS/c1-3-21-13(17)9-6-24-12(15-9)10-8(5-22-23(18,19)20)4-14-7(2)11(10)16/h4,9,12,15-16H,3,5-6H2,1-2H3,(H2,18,19,20). The van der Waals surface area contributed by atoms with Crippen LogP contribution in [-0.4, -0.2) is 44.2 Å². The van der Waals surface area contributed by atoms with E-state index in [0.29, 0.717) is 22.6 Å². The van der Waals surface area contributed by atoms with Gasteiger partial charge in [-0.2, -0.15) is 0 Å². The zero-order valence-corrected chi connectivity index (χ0v) is 14.8. The van der Waals surface area contributed by atoms with Gasteiger partial charge in [0.2, 0.25) is 0 Å². The van der Waals surface area contributed by atoms with Crippen molar-refractivity contribution < 1.29 is 33.5 Å². The molecule has 11 heteroatoms. The summed E-state index contributed by atoms with van der Waals surface area (Å²) < 4.78 is 20.4. The van der Waals surface area contributed by atoms with Gasteiger partial charge in [0, 0.05) is 23.1 Å². The van der Waals surface area contributed by atoms with Crippen LogP contribution < -0.4 is 5.32 Å². The van der Waals surface area contributed by atoms with E-state index < -0.39 is 25.8 Å². The Kier molecular flexibility index (Phi) is 6.24. The van der Waals surface area contributed by atoms with Crippen LogP contribution in [-0.2, 0) is 25.2 Å². The highest BCUT2D eigenvalue weighted by atomic mass is 32.2. The molecule has 4 N–H and O–H groups in total.